The molecular weight excluding hydrogens is 330 g/mol. The first-order valence-corrected chi connectivity index (χ1v) is 9.61. The van der Waals surface area contributed by atoms with Crippen LogP contribution in [0.5, 0.6) is 0 Å². The highest BCUT2D eigenvalue weighted by molar-refractivity contribution is 6.04. The molecular formula is C20H29N3O3. The van der Waals surface area contributed by atoms with Gasteiger partial charge in [-0.25, -0.2) is 9.78 Å². The van der Waals surface area contributed by atoms with Crippen LogP contribution in [-0.2, 0) is 9.47 Å². The number of pyridine rings is 1. The third-order valence-electron chi connectivity index (χ3n) is 5.16. The average molecular weight is 359 g/mol. The molecule has 0 aromatic carbocycles. The summed E-state index contributed by atoms with van der Waals surface area (Å²) in [4.78, 5) is 20.0. The minimum Gasteiger partial charge on any atom is -0.460 e. The number of fused-ring (bicyclic) bond motifs is 1. The molecule has 1 aliphatic carbocycles. The summed E-state index contributed by atoms with van der Waals surface area (Å²) in [6, 6.07) is 2.34. The number of nitrogens with one attached hydrogen (secondary N) is 2. The molecule has 26 heavy (non-hydrogen) atoms. The largest absolute Gasteiger partial charge is 0.460 e. The number of nitrogens with zero attached hydrogens (tertiary/aromatic N) is 1. The molecule has 1 fully saturated rings. The zero-order valence-electron chi connectivity index (χ0n) is 15.7. The van der Waals surface area contributed by atoms with Crippen molar-refractivity contribution in [3.05, 3.63) is 24.0 Å². The van der Waals surface area contributed by atoms with Crippen molar-refractivity contribution in [2.75, 3.05) is 25.6 Å². The number of hydrogen-bond acceptors (Lipinski definition) is 5. The van der Waals surface area contributed by atoms with E-state index in [1.807, 2.05) is 12.3 Å². The summed E-state index contributed by atoms with van der Waals surface area (Å²) in [5.74, 6) is 0.410. The van der Waals surface area contributed by atoms with E-state index < -0.39 is 0 Å². The van der Waals surface area contributed by atoms with Crippen LogP contribution in [0.25, 0.3) is 11.0 Å². The fraction of sp³-hybridized carbons (Fsp3) is 0.600. The van der Waals surface area contributed by atoms with Crippen molar-refractivity contribution in [1.82, 2.24) is 9.97 Å². The summed E-state index contributed by atoms with van der Waals surface area (Å²) in [6.07, 6.45) is 10.8. The first-order valence-electron chi connectivity index (χ1n) is 9.61. The monoisotopic (exact) mass is 359 g/mol. The lowest BCUT2D eigenvalue weighted by Crippen LogP contribution is -2.28. The fourth-order valence-electron chi connectivity index (χ4n) is 3.91. The van der Waals surface area contributed by atoms with Gasteiger partial charge in [-0.05, 0) is 24.8 Å². The maximum absolute atomic E-state index is 12.5. The number of anilines is 1. The van der Waals surface area contributed by atoms with Gasteiger partial charge in [0.25, 0.3) is 0 Å². The van der Waals surface area contributed by atoms with Gasteiger partial charge >= 0.3 is 5.97 Å². The lowest BCUT2D eigenvalue weighted by molar-refractivity contribution is 0.0389. The number of hydrogen-bond donors (Lipinski definition) is 2. The van der Waals surface area contributed by atoms with Crippen LogP contribution in [0.3, 0.4) is 0 Å². The number of rotatable bonds is 8. The van der Waals surface area contributed by atoms with E-state index in [1.165, 1.54) is 25.7 Å². The predicted molar refractivity (Wildman–Crippen MR) is 103 cm³/mol. The Morgan fingerprint density at radius 1 is 1.38 bits per heavy atom. The van der Waals surface area contributed by atoms with E-state index in [0.29, 0.717) is 18.2 Å². The highest BCUT2D eigenvalue weighted by Gasteiger charge is 2.24. The third-order valence-corrected chi connectivity index (χ3v) is 5.16. The van der Waals surface area contributed by atoms with Crippen LogP contribution >= 0.6 is 0 Å². The standard InChI is InChI=1S/C20H29N3O3/c1-3-5-14-6-4-7-15(12-14)23-18-16-8-9-21-19(16)22-13-17(18)20(24)26-11-10-25-2/h8-9,13-15H,3-7,10-12H2,1-2H3,(H2,21,22,23)/t14-,15+/m1/s1. The molecule has 1 aliphatic rings. The van der Waals surface area contributed by atoms with Gasteiger partial charge in [0.1, 0.15) is 17.8 Å². The normalized spacial score (nSPS) is 20.2. The van der Waals surface area contributed by atoms with E-state index in [4.69, 9.17) is 9.47 Å². The number of methoxy groups -OCH3 is 1. The Morgan fingerprint density at radius 3 is 3.08 bits per heavy atom. The lowest BCUT2D eigenvalue weighted by Gasteiger charge is -2.31. The van der Waals surface area contributed by atoms with Crippen molar-refractivity contribution < 1.29 is 14.3 Å². The molecule has 0 saturated heterocycles. The molecule has 0 bridgehead atoms. The van der Waals surface area contributed by atoms with Gasteiger partial charge in [0.15, 0.2) is 0 Å². The molecule has 6 heteroatoms. The molecule has 2 atom stereocenters. The van der Waals surface area contributed by atoms with E-state index >= 15 is 0 Å². The molecule has 0 aliphatic heterocycles. The van der Waals surface area contributed by atoms with Gasteiger partial charge in [-0.1, -0.05) is 32.6 Å². The van der Waals surface area contributed by atoms with Gasteiger partial charge in [-0.3, -0.25) is 0 Å². The van der Waals surface area contributed by atoms with E-state index in [0.717, 1.165) is 35.5 Å². The first-order chi connectivity index (χ1) is 12.7. The topological polar surface area (TPSA) is 76.2 Å². The van der Waals surface area contributed by atoms with Gasteiger partial charge in [0, 0.05) is 30.9 Å². The second-order valence-electron chi connectivity index (χ2n) is 7.08. The van der Waals surface area contributed by atoms with Crippen molar-refractivity contribution in [2.24, 2.45) is 5.92 Å². The number of ether oxygens (including phenoxy) is 2. The predicted octanol–water partition coefficient (Wildman–Crippen LogP) is 4.14. The van der Waals surface area contributed by atoms with Gasteiger partial charge in [-0.15, -0.1) is 0 Å². The van der Waals surface area contributed by atoms with Gasteiger partial charge in [0.05, 0.1) is 12.3 Å². The second-order valence-corrected chi connectivity index (χ2v) is 7.08. The molecule has 142 valence electrons. The molecule has 2 aromatic rings. The van der Waals surface area contributed by atoms with Crippen molar-refractivity contribution in [1.29, 1.82) is 0 Å². The van der Waals surface area contributed by atoms with Crippen LogP contribution < -0.4 is 5.32 Å². The van der Waals surface area contributed by atoms with Crippen LogP contribution in [-0.4, -0.2) is 42.3 Å². The Morgan fingerprint density at radius 2 is 2.27 bits per heavy atom. The zero-order valence-corrected chi connectivity index (χ0v) is 15.7. The summed E-state index contributed by atoms with van der Waals surface area (Å²) in [7, 11) is 1.59. The maximum atomic E-state index is 12.5. The van der Waals surface area contributed by atoms with Crippen molar-refractivity contribution in [2.45, 2.75) is 51.5 Å². The van der Waals surface area contributed by atoms with Crippen LogP contribution in [0.1, 0.15) is 55.8 Å². The Kier molecular flexibility index (Phi) is 6.50. The molecule has 0 unspecified atom stereocenters. The van der Waals surface area contributed by atoms with E-state index in [2.05, 4.69) is 22.2 Å². The van der Waals surface area contributed by atoms with Crippen molar-refractivity contribution >= 4 is 22.7 Å². The highest BCUT2D eigenvalue weighted by atomic mass is 16.6. The number of esters is 1. The lowest BCUT2D eigenvalue weighted by atomic mass is 9.83. The summed E-state index contributed by atoms with van der Waals surface area (Å²) in [5.41, 5.74) is 2.11. The molecule has 0 radical (unpaired) electrons. The average Bonchev–Trinajstić information content (AvgIpc) is 3.12. The smallest absolute Gasteiger partial charge is 0.341 e. The Hall–Kier alpha value is -2.08. The molecule has 2 heterocycles. The number of aromatic nitrogens is 2. The van der Waals surface area contributed by atoms with Gasteiger partial charge in [-0.2, -0.15) is 0 Å². The zero-order chi connectivity index (χ0) is 18.4. The third kappa shape index (κ3) is 4.36. The molecule has 3 rings (SSSR count). The summed E-state index contributed by atoms with van der Waals surface area (Å²) < 4.78 is 10.3. The van der Waals surface area contributed by atoms with Crippen LogP contribution in [0.4, 0.5) is 5.69 Å². The maximum Gasteiger partial charge on any atom is 0.341 e. The molecule has 2 N–H and O–H groups in total. The van der Waals surface area contributed by atoms with Crippen LogP contribution in [0.2, 0.25) is 0 Å². The second kappa shape index (κ2) is 9.03. The molecule has 1 saturated carbocycles. The van der Waals surface area contributed by atoms with Crippen LogP contribution in [0.15, 0.2) is 18.5 Å². The first kappa shape index (κ1) is 18.7. The number of carbonyl (C=O) groups excluding carboxylic acids is 1. The summed E-state index contributed by atoms with van der Waals surface area (Å²) >= 11 is 0. The number of aromatic amines is 1. The van der Waals surface area contributed by atoms with E-state index in [9.17, 15) is 4.79 Å². The summed E-state index contributed by atoms with van der Waals surface area (Å²) in [6.45, 7) is 2.87. The molecule has 2 aromatic heterocycles. The Bertz CT molecular complexity index is 726. The van der Waals surface area contributed by atoms with E-state index in [-0.39, 0.29) is 12.6 Å². The molecule has 0 amide bonds. The van der Waals surface area contributed by atoms with Gasteiger partial charge < -0.3 is 19.8 Å². The number of H-pyrrole nitrogens is 1. The molecule has 6 nitrogen and oxygen atoms in total. The van der Waals surface area contributed by atoms with Crippen molar-refractivity contribution in [3.63, 3.8) is 0 Å². The quantitative estimate of drug-likeness (QED) is 0.547. The van der Waals surface area contributed by atoms with Crippen LogP contribution in [0, 0.1) is 5.92 Å². The highest BCUT2D eigenvalue weighted by Crippen LogP contribution is 2.33. The SMILES string of the molecule is CCC[C@@H]1CCC[C@H](Nc2c(C(=O)OCCOC)cnc3[nH]ccc23)C1. The Labute approximate surface area is 154 Å². The Balaban J connectivity index is 1.81. The minimum atomic E-state index is -0.360. The fourth-order valence-corrected chi connectivity index (χ4v) is 3.91. The minimum absolute atomic E-state index is 0.238. The molecule has 0 spiro atoms. The van der Waals surface area contributed by atoms with Crippen molar-refractivity contribution in [3.8, 4) is 0 Å². The van der Waals surface area contributed by atoms with E-state index in [1.54, 1.807) is 13.3 Å². The summed E-state index contributed by atoms with van der Waals surface area (Å²) in [5, 5.41) is 4.58. The van der Waals surface area contributed by atoms with Gasteiger partial charge in [0.2, 0.25) is 0 Å². The number of carbonyl (C=O) groups is 1.